The fourth-order valence-corrected chi connectivity index (χ4v) is 3.70. The molecule has 0 spiro atoms. The Morgan fingerprint density at radius 1 is 1.09 bits per heavy atom. The Bertz CT molecular complexity index is 1320. The second-order valence-corrected chi connectivity index (χ2v) is 7.59. The van der Waals surface area contributed by atoms with E-state index in [1.165, 1.54) is 0 Å². The minimum absolute atomic E-state index is 0.460. The second kappa shape index (κ2) is 9.59. The predicted molar refractivity (Wildman–Crippen MR) is 128 cm³/mol. The van der Waals surface area contributed by atoms with Gasteiger partial charge in [-0.15, -0.1) is 0 Å². The zero-order valence-corrected chi connectivity index (χ0v) is 18.6. The maximum atomic E-state index is 10.0. The summed E-state index contributed by atoms with van der Waals surface area (Å²) < 4.78 is 13.1. The second-order valence-electron chi connectivity index (χ2n) is 7.15. The number of benzene rings is 3. The maximum Gasteiger partial charge on any atom is 0.161 e. The summed E-state index contributed by atoms with van der Waals surface area (Å²) in [6.45, 7) is 3.04. The van der Waals surface area contributed by atoms with E-state index >= 15 is 0 Å². The van der Waals surface area contributed by atoms with Crippen LogP contribution >= 0.6 is 11.6 Å². The van der Waals surface area contributed by atoms with E-state index in [-0.39, 0.29) is 0 Å². The molecule has 0 aliphatic carbocycles. The molecule has 160 valence electrons. The van der Waals surface area contributed by atoms with E-state index in [1.807, 2.05) is 79.7 Å². The molecule has 0 amide bonds. The van der Waals surface area contributed by atoms with Gasteiger partial charge in [0.2, 0.25) is 0 Å². The van der Waals surface area contributed by atoms with Gasteiger partial charge in [-0.3, -0.25) is 0 Å². The van der Waals surface area contributed by atoms with Crippen LogP contribution in [0.25, 0.3) is 22.7 Å². The lowest BCUT2D eigenvalue weighted by molar-refractivity contribution is 0.311. The van der Waals surface area contributed by atoms with Gasteiger partial charge >= 0.3 is 0 Å². The van der Waals surface area contributed by atoms with Crippen molar-refractivity contribution in [2.45, 2.75) is 13.5 Å². The minimum atomic E-state index is 0.460. The molecule has 0 bridgehead atoms. The van der Waals surface area contributed by atoms with Crippen LogP contribution < -0.4 is 9.47 Å². The topological polar surface area (TPSA) is 60.1 Å². The summed E-state index contributed by atoms with van der Waals surface area (Å²) in [5, 5.41) is 10.7. The summed E-state index contributed by atoms with van der Waals surface area (Å²) in [5.74, 6) is 1.89. The lowest BCUT2D eigenvalue weighted by Gasteiger charge is -2.11. The lowest BCUT2D eigenvalue weighted by Crippen LogP contribution is -2.04. The van der Waals surface area contributed by atoms with E-state index in [0.29, 0.717) is 41.1 Å². The molecule has 3 aromatic carbocycles. The molecule has 32 heavy (non-hydrogen) atoms. The van der Waals surface area contributed by atoms with E-state index in [9.17, 15) is 5.26 Å². The highest BCUT2D eigenvalue weighted by atomic mass is 35.5. The Balaban J connectivity index is 1.80. The fraction of sp³-hybridized carbons (Fsp3) is 0.154. The SMILES string of the molecule is CCOc1ccc(/C=C(\C#N)c2nc3ccccc3n2Cc2ccc(Cl)cc2)cc1OC. The van der Waals surface area contributed by atoms with Crippen molar-refractivity contribution in [1.82, 2.24) is 9.55 Å². The molecular formula is C26H22ClN3O2. The average Bonchev–Trinajstić information content (AvgIpc) is 3.18. The Hall–Kier alpha value is -3.75. The van der Waals surface area contributed by atoms with Crippen molar-refractivity contribution >= 4 is 34.3 Å². The van der Waals surface area contributed by atoms with Crippen molar-refractivity contribution in [3.63, 3.8) is 0 Å². The molecule has 0 saturated carbocycles. The zero-order chi connectivity index (χ0) is 22.5. The third kappa shape index (κ3) is 4.46. The van der Waals surface area contributed by atoms with Crippen LogP contribution in [-0.4, -0.2) is 23.3 Å². The first-order chi connectivity index (χ1) is 15.6. The quantitative estimate of drug-likeness (QED) is 0.318. The molecule has 0 aliphatic heterocycles. The first-order valence-electron chi connectivity index (χ1n) is 10.3. The number of para-hydroxylation sites is 2. The molecule has 0 unspecified atom stereocenters. The number of halogens is 1. The van der Waals surface area contributed by atoms with E-state index < -0.39 is 0 Å². The number of rotatable bonds is 7. The van der Waals surface area contributed by atoms with Gasteiger partial charge in [0, 0.05) is 11.6 Å². The predicted octanol–water partition coefficient (Wildman–Crippen LogP) is 6.21. The van der Waals surface area contributed by atoms with Crippen LogP contribution in [0.1, 0.15) is 23.9 Å². The number of aromatic nitrogens is 2. The molecule has 4 rings (SSSR count). The van der Waals surface area contributed by atoms with Crippen molar-refractivity contribution in [2.24, 2.45) is 0 Å². The molecule has 0 N–H and O–H groups in total. The van der Waals surface area contributed by atoms with Crippen molar-refractivity contribution in [3.05, 3.63) is 88.7 Å². The molecule has 0 fully saturated rings. The van der Waals surface area contributed by atoms with Crippen molar-refractivity contribution in [2.75, 3.05) is 13.7 Å². The summed E-state index contributed by atoms with van der Waals surface area (Å²) in [6, 6.07) is 23.5. The van der Waals surface area contributed by atoms with Crippen LogP contribution in [0.2, 0.25) is 5.02 Å². The number of hydrogen-bond donors (Lipinski definition) is 0. The zero-order valence-electron chi connectivity index (χ0n) is 17.9. The Morgan fingerprint density at radius 3 is 2.59 bits per heavy atom. The average molecular weight is 444 g/mol. The number of nitrogens with zero attached hydrogens (tertiary/aromatic N) is 3. The third-order valence-electron chi connectivity index (χ3n) is 5.07. The maximum absolute atomic E-state index is 10.0. The number of fused-ring (bicyclic) bond motifs is 1. The monoisotopic (exact) mass is 443 g/mol. The van der Waals surface area contributed by atoms with Crippen LogP contribution in [0, 0.1) is 11.3 Å². The molecule has 6 heteroatoms. The van der Waals surface area contributed by atoms with Crippen molar-refractivity contribution in [3.8, 4) is 17.6 Å². The molecule has 4 aromatic rings. The molecule has 0 aliphatic rings. The summed E-state index contributed by atoms with van der Waals surface area (Å²) in [5.41, 5.74) is 4.15. The molecule has 1 aromatic heterocycles. The fourth-order valence-electron chi connectivity index (χ4n) is 3.58. The first kappa shape index (κ1) is 21.5. The Kier molecular flexibility index (Phi) is 6.44. The largest absolute Gasteiger partial charge is 0.493 e. The number of methoxy groups -OCH3 is 1. The van der Waals surface area contributed by atoms with Gasteiger partial charge in [-0.05, 0) is 60.5 Å². The molecule has 0 saturated heterocycles. The van der Waals surface area contributed by atoms with Crippen molar-refractivity contribution in [1.29, 1.82) is 5.26 Å². The molecule has 1 heterocycles. The Morgan fingerprint density at radius 2 is 1.88 bits per heavy atom. The van der Waals surface area contributed by atoms with Crippen LogP contribution in [0.3, 0.4) is 0 Å². The van der Waals surface area contributed by atoms with Crippen LogP contribution in [0.15, 0.2) is 66.7 Å². The van der Waals surface area contributed by atoms with Crippen LogP contribution in [-0.2, 0) is 6.54 Å². The Labute approximate surface area is 192 Å². The van der Waals surface area contributed by atoms with Gasteiger partial charge in [-0.1, -0.05) is 41.9 Å². The van der Waals surface area contributed by atoms with Gasteiger partial charge in [0.25, 0.3) is 0 Å². The smallest absolute Gasteiger partial charge is 0.161 e. The van der Waals surface area contributed by atoms with Gasteiger partial charge in [0.05, 0.1) is 30.3 Å². The van der Waals surface area contributed by atoms with Gasteiger partial charge < -0.3 is 14.0 Å². The van der Waals surface area contributed by atoms with E-state index in [1.54, 1.807) is 7.11 Å². The van der Waals surface area contributed by atoms with Crippen LogP contribution in [0.4, 0.5) is 0 Å². The minimum Gasteiger partial charge on any atom is -0.493 e. The molecule has 5 nitrogen and oxygen atoms in total. The molecule has 0 radical (unpaired) electrons. The number of ether oxygens (including phenoxy) is 2. The molecular weight excluding hydrogens is 422 g/mol. The van der Waals surface area contributed by atoms with Gasteiger partial charge in [-0.2, -0.15) is 5.26 Å². The highest BCUT2D eigenvalue weighted by Crippen LogP contribution is 2.30. The summed E-state index contributed by atoms with van der Waals surface area (Å²) in [6.07, 6.45) is 1.82. The van der Waals surface area contributed by atoms with E-state index in [4.69, 9.17) is 26.1 Å². The highest BCUT2D eigenvalue weighted by Gasteiger charge is 2.15. The highest BCUT2D eigenvalue weighted by molar-refractivity contribution is 6.30. The number of nitriles is 1. The van der Waals surface area contributed by atoms with E-state index in [0.717, 1.165) is 22.2 Å². The first-order valence-corrected chi connectivity index (χ1v) is 10.6. The standard InChI is InChI=1S/C26H22ClN3O2/c1-3-32-24-13-10-19(15-25(24)31-2)14-20(16-28)26-29-22-6-4-5-7-23(22)30(26)17-18-8-11-21(27)12-9-18/h4-15H,3,17H2,1-2H3/b20-14+. The van der Waals surface area contributed by atoms with Gasteiger partial charge in [-0.25, -0.2) is 4.98 Å². The van der Waals surface area contributed by atoms with Crippen LogP contribution in [0.5, 0.6) is 11.5 Å². The lowest BCUT2D eigenvalue weighted by atomic mass is 10.1. The number of allylic oxidation sites excluding steroid dienone is 1. The number of hydrogen-bond acceptors (Lipinski definition) is 4. The third-order valence-corrected chi connectivity index (χ3v) is 5.32. The summed E-state index contributed by atoms with van der Waals surface area (Å²) in [4.78, 5) is 4.77. The summed E-state index contributed by atoms with van der Waals surface area (Å²) >= 11 is 6.05. The van der Waals surface area contributed by atoms with Gasteiger partial charge in [0.15, 0.2) is 17.3 Å². The number of imidazole rings is 1. The van der Waals surface area contributed by atoms with Crippen molar-refractivity contribution < 1.29 is 9.47 Å². The van der Waals surface area contributed by atoms with E-state index in [2.05, 4.69) is 10.6 Å². The summed E-state index contributed by atoms with van der Waals surface area (Å²) in [7, 11) is 1.60. The molecule has 0 atom stereocenters. The van der Waals surface area contributed by atoms with Gasteiger partial charge in [0.1, 0.15) is 6.07 Å². The normalized spacial score (nSPS) is 11.4.